The molecule has 0 aliphatic heterocycles. The first-order valence-electron chi connectivity index (χ1n) is 5.27. The monoisotopic (exact) mass is 232 g/mol. The van der Waals surface area contributed by atoms with E-state index in [0.717, 1.165) is 5.56 Å². The maximum Gasteiger partial charge on any atom is 0.338 e. The van der Waals surface area contributed by atoms with Crippen molar-refractivity contribution in [3.8, 4) is 0 Å². The summed E-state index contributed by atoms with van der Waals surface area (Å²) >= 11 is 0. The van der Waals surface area contributed by atoms with Crippen LogP contribution in [0.2, 0.25) is 0 Å². The van der Waals surface area contributed by atoms with Crippen molar-refractivity contribution in [2.24, 2.45) is 0 Å². The number of hydrogen-bond acceptors (Lipinski definition) is 5. The molecule has 6 nitrogen and oxygen atoms in total. The topological polar surface area (TPSA) is 69.9 Å². The van der Waals surface area contributed by atoms with E-state index in [9.17, 15) is 4.79 Å². The molecule has 1 heterocycles. The van der Waals surface area contributed by atoms with Crippen LogP contribution in [-0.4, -0.2) is 32.8 Å². The summed E-state index contributed by atoms with van der Waals surface area (Å²) in [5.74, 6) is -0.323. The van der Waals surface area contributed by atoms with Crippen molar-refractivity contribution in [2.45, 2.75) is 13.5 Å². The summed E-state index contributed by atoms with van der Waals surface area (Å²) in [4.78, 5) is 11.7. The third-order valence-electron chi connectivity index (χ3n) is 2.24. The van der Waals surface area contributed by atoms with Crippen molar-refractivity contribution >= 4 is 5.97 Å². The van der Waals surface area contributed by atoms with Crippen LogP contribution in [0.4, 0.5) is 0 Å². The number of hydrogen-bond donors (Lipinski definition) is 0. The van der Waals surface area contributed by atoms with Gasteiger partial charge in [-0.25, -0.2) is 9.48 Å². The molecule has 0 bridgehead atoms. The Balaban J connectivity index is 2.24. The molecule has 0 fully saturated rings. The zero-order valence-corrected chi connectivity index (χ0v) is 9.41. The largest absolute Gasteiger partial charge is 0.462 e. The maximum atomic E-state index is 11.7. The van der Waals surface area contributed by atoms with E-state index >= 15 is 0 Å². The van der Waals surface area contributed by atoms with Crippen molar-refractivity contribution in [1.29, 1.82) is 0 Å². The molecule has 88 valence electrons. The molecule has 2 aromatic rings. The molecule has 0 saturated heterocycles. The van der Waals surface area contributed by atoms with Gasteiger partial charge < -0.3 is 4.74 Å². The fourth-order valence-electron chi connectivity index (χ4n) is 1.49. The van der Waals surface area contributed by atoms with Gasteiger partial charge in [-0.3, -0.25) is 0 Å². The quantitative estimate of drug-likeness (QED) is 0.732. The van der Waals surface area contributed by atoms with Gasteiger partial charge in [0, 0.05) is 0 Å². The average molecular weight is 232 g/mol. The summed E-state index contributed by atoms with van der Waals surface area (Å²) < 4.78 is 6.54. The first kappa shape index (κ1) is 11.3. The van der Waals surface area contributed by atoms with E-state index in [1.165, 1.54) is 6.33 Å². The number of carbonyl (C=O) groups is 1. The van der Waals surface area contributed by atoms with E-state index in [0.29, 0.717) is 18.7 Å². The van der Waals surface area contributed by atoms with Gasteiger partial charge in [0.2, 0.25) is 0 Å². The molecule has 0 aliphatic carbocycles. The summed E-state index contributed by atoms with van der Waals surface area (Å²) in [6.07, 6.45) is 1.50. The third kappa shape index (κ3) is 2.66. The second-order valence-electron chi connectivity index (χ2n) is 3.39. The molecule has 0 atom stereocenters. The average Bonchev–Trinajstić information content (AvgIpc) is 2.83. The number of aromatic nitrogens is 4. The lowest BCUT2D eigenvalue weighted by molar-refractivity contribution is 0.0525. The van der Waals surface area contributed by atoms with Gasteiger partial charge in [-0.1, -0.05) is 18.2 Å². The van der Waals surface area contributed by atoms with Crippen LogP contribution in [0.15, 0.2) is 30.6 Å². The standard InChI is InChI=1S/C11H12N4O2/c1-2-17-11(16)10-6-4-3-5-9(10)7-15-8-12-13-14-15/h3-6,8H,2,7H2,1H3. The van der Waals surface area contributed by atoms with Gasteiger partial charge in [-0.15, -0.1) is 5.10 Å². The van der Waals surface area contributed by atoms with Crippen molar-refractivity contribution in [3.05, 3.63) is 41.7 Å². The number of ether oxygens (including phenoxy) is 1. The Morgan fingerprint density at radius 3 is 2.94 bits per heavy atom. The first-order valence-corrected chi connectivity index (χ1v) is 5.27. The summed E-state index contributed by atoms with van der Waals surface area (Å²) in [5, 5.41) is 10.9. The second kappa shape index (κ2) is 5.20. The minimum absolute atomic E-state index is 0.323. The summed E-state index contributed by atoms with van der Waals surface area (Å²) in [6, 6.07) is 7.25. The highest BCUT2D eigenvalue weighted by Gasteiger charge is 2.12. The summed E-state index contributed by atoms with van der Waals surface area (Å²) in [6.45, 7) is 2.59. The van der Waals surface area contributed by atoms with Crippen molar-refractivity contribution in [2.75, 3.05) is 6.61 Å². The fraction of sp³-hybridized carbons (Fsp3) is 0.273. The lowest BCUT2D eigenvalue weighted by Crippen LogP contribution is -2.11. The van der Waals surface area contributed by atoms with Crippen LogP contribution in [0.1, 0.15) is 22.8 Å². The van der Waals surface area contributed by atoms with Gasteiger partial charge >= 0.3 is 5.97 Å². The van der Waals surface area contributed by atoms with E-state index in [2.05, 4.69) is 15.5 Å². The smallest absolute Gasteiger partial charge is 0.338 e. The van der Waals surface area contributed by atoms with Gasteiger partial charge in [0.15, 0.2) is 0 Å². The molecule has 6 heteroatoms. The number of benzene rings is 1. The number of tetrazole rings is 1. The number of nitrogens with zero attached hydrogens (tertiary/aromatic N) is 4. The molecule has 0 aliphatic rings. The highest BCUT2D eigenvalue weighted by atomic mass is 16.5. The van der Waals surface area contributed by atoms with Gasteiger partial charge in [-0.2, -0.15) is 0 Å². The lowest BCUT2D eigenvalue weighted by Gasteiger charge is -2.07. The van der Waals surface area contributed by atoms with E-state index in [1.807, 2.05) is 12.1 Å². The number of rotatable bonds is 4. The molecule has 0 unspecified atom stereocenters. The van der Waals surface area contributed by atoms with Crippen LogP contribution in [0.5, 0.6) is 0 Å². The highest BCUT2D eigenvalue weighted by molar-refractivity contribution is 5.91. The SMILES string of the molecule is CCOC(=O)c1ccccc1Cn1cnnn1. The Bertz CT molecular complexity index is 496. The van der Waals surface area contributed by atoms with E-state index < -0.39 is 0 Å². The van der Waals surface area contributed by atoms with Crippen LogP contribution in [0, 0.1) is 0 Å². The maximum absolute atomic E-state index is 11.7. The van der Waals surface area contributed by atoms with Gasteiger partial charge in [-0.05, 0) is 29.0 Å². The summed E-state index contributed by atoms with van der Waals surface area (Å²) in [5.41, 5.74) is 1.38. The van der Waals surface area contributed by atoms with Crippen LogP contribution in [0.25, 0.3) is 0 Å². The minimum Gasteiger partial charge on any atom is -0.462 e. The number of carbonyl (C=O) groups excluding carboxylic acids is 1. The molecule has 17 heavy (non-hydrogen) atoms. The van der Waals surface area contributed by atoms with Crippen LogP contribution >= 0.6 is 0 Å². The Kier molecular flexibility index (Phi) is 3.44. The molecular weight excluding hydrogens is 220 g/mol. The predicted molar refractivity (Wildman–Crippen MR) is 59.3 cm³/mol. The molecule has 1 aromatic heterocycles. The Morgan fingerprint density at radius 1 is 1.41 bits per heavy atom. The van der Waals surface area contributed by atoms with Crippen molar-refractivity contribution in [3.63, 3.8) is 0 Å². The second-order valence-corrected chi connectivity index (χ2v) is 3.39. The van der Waals surface area contributed by atoms with E-state index in [-0.39, 0.29) is 5.97 Å². The normalized spacial score (nSPS) is 10.2. The molecule has 0 radical (unpaired) electrons. The summed E-state index contributed by atoms with van der Waals surface area (Å²) in [7, 11) is 0. The zero-order chi connectivity index (χ0) is 12.1. The van der Waals surface area contributed by atoms with Crippen molar-refractivity contribution in [1.82, 2.24) is 20.2 Å². The third-order valence-corrected chi connectivity index (χ3v) is 2.24. The molecule has 0 amide bonds. The first-order chi connectivity index (χ1) is 8.31. The molecular formula is C11H12N4O2. The Labute approximate surface area is 98.2 Å². The molecule has 0 spiro atoms. The van der Waals surface area contributed by atoms with Gasteiger partial charge in [0.05, 0.1) is 18.7 Å². The molecule has 0 saturated carbocycles. The molecule has 1 aromatic carbocycles. The van der Waals surface area contributed by atoms with Crippen LogP contribution < -0.4 is 0 Å². The minimum atomic E-state index is -0.323. The van der Waals surface area contributed by atoms with E-state index in [4.69, 9.17) is 4.74 Å². The van der Waals surface area contributed by atoms with Gasteiger partial charge in [0.25, 0.3) is 0 Å². The zero-order valence-electron chi connectivity index (χ0n) is 9.41. The Hall–Kier alpha value is -2.24. The predicted octanol–water partition coefficient (Wildman–Crippen LogP) is 0.898. The molecule has 2 rings (SSSR count). The highest BCUT2D eigenvalue weighted by Crippen LogP contribution is 2.11. The van der Waals surface area contributed by atoms with Crippen LogP contribution in [0.3, 0.4) is 0 Å². The van der Waals surface area contributed by atoms with E-state index in [1.54, 1.807) is 23.7 Å². The van der Waals surface area contributed by atoms with Crippen LogP contribution in [-0.2, 0) is 11.3 Å². The van der Waals surface area contributed by atoms with Gasteiger partial charge in [0.1, 0.15) is 6.33 Å². The fourth-order valence-corrected chi connectivity index (χ4v) is 1.49. The Morgan fingerprint density at radius 2 is 2.24 bits per heavy atom. The number of esters is 1. The van der Waals surface area contributed by atoms with Crippen molar-refractivity contribution < 1.29 is 9.53 Å². The lowest BCUT2D eigenvalue weighted by atomic mass is 10.1. The molecule has 0 N–H and O–H groups in total.